The van der Waals surface area contributed by atoms with E-state index in [1.54, 1.807) is 0 Å². The van der Waals surface area contributed by atoms with Gasteiger partial charge in [0, 0.05) is 30.3 Å². The molecule has 4 heteroatoms. The molecule has 1 rings (SSSR count). The highest BCUT2D eigenvalue weighted by atomic mass is 32.2. The van der Waals surface area contributed by atoms with Crippen LogP contribution in [0, 0.1) is 0 Å². The lowest BCUT2D eigenvalue weighted by Gasteiger charge is -2.31. The summed E-state index contributed by atoms with van der Waals surface area (Å²) >= 11 is 1.96. The quantitative estimate of drug-likeness (QED) is 0.767. The predicted octanol–water partition coefficient (Wildman–Crippen LogP) is 2.16. The molecule has 3 nitrogen and oxygen atoms in total. The van der Waals surface area contributed by atoms with Gasteiger partial charge in [-0.05, 0) is 32.9 Å². The molecule has 100 valence electrons. The van der Waals surface area contributed by atoms with Crippen LogP contribution in [-0.4, -0.2) is 36.0 Å². The Morgan fingerprint density at radius 2 is 2.06 bits per heavy atom. The van der Waals surface area contributed by atoms with Gasteiger partial charge < -0.3 is 10.6 Å². The first-order valence-corrected chi connectivity index (χ1v) is 7.97. The van der Waals surface area contributed by atoms with Crippen LogP contribution in [0.25, 0.3) is 0 Å². The van der Waals surface area contributed by atoms with Crippen molar-refractivity contribution in [3.8, 4) is 0 Å². The van der Waals surface area contributed by atoms with E-state index in [1.165, 1.54) is 25.7 Å². The molecule has 1 aliphatic carbocycles. The maximum atomic E-state index is 11.5. The molecule has 0 heterocycles. The largest absolute Gasteiger partial charge is 0.354 e. The summed E-state index contributed by atoms with van der Waals surface area (Å²) in [5.74, 6) is 0.156. The van der Waals surface area contributed by atoms with E-state index in [4.69, 9.17) is 0 Å². The van der Waals surface area contributed by atoms with E-state index in [-0.39, 0.29) is 11.9 Å². The van der Waals surface area contributed by atoms with Crippen LogP contribution in [0.15, 0.2) is 0 Å². The monoisotopic (exact) mass is 258 g/mol. The molecular formula is C13H26N2OS. The van der Waals surface area contributed by atoms with Gasteiger partial charge in [-0.2, -0.15) is 11.8 Å². The molecule has 2 atom stereocenters. The van der Waals surface area contributed by atoms with Gasteiger partial charge >= 0.3 is 0 Å². The summed E-state index contributed by atoms with van der Waals surface area (Å²) in [5, 5.41) is 7.20. The van der Waals surface area contributed by atoms with Crippen molar-refractivity contribution in [2.75, 3.05) is 12.8 Å². The van der Waals surface area contributed by atoms with E-state index in [0.717, 1.165) is 11.8 Å². The number of rotatable bonds is 6. The van der Waals surface area contributed by atoms with Crippen LogP contribution in [0.5, 0.6) is 0 Å². The Balaban J connectivity index is 2.18. The Bertz CT molecular complexity index is 233. The normalized spacial score (nSPS) is 24.9. The van der Waals surface area contributed by atoms with Gasteiger partial charge in [0.25, 0.3) is 0 Å². The third kappa shape index (κ3) is 5.77. The Labute approximate surface area is 109 Å². The first-order chi connectivity index (χ1) is 8.13. The molecule has 0 aromatic rings. The van der Waals surface area contributed by atoms with Crippen LogP contribution in [0.4, 0.5) is 0 Å². The van der Waals surface area contributed by atoms with Crippen molar-refractivity contribution in [2.45, 2.75) is 63.3 Å². The van der Waals surface area contributed by atoms with Crippen LogP contribution >= 0.6 is 11.8 Å². The fourth-order valence-electron chi connectivity index (χ4n) is 2.38. The minimum atomic E-state index is 0.156. The molecule has 0 saturated heterocycles. The van der Waals surface area contributed by atoms with Crippen LogP contribution in [0.2, 0.25) is 0 Å². The molecule has 0 aromatic carbocycles. The summed E-state index contributed by atoms with van der Waals surface area (Å²) in [6.07, 6.45) is 8.05. The van der Waals surface area contributed by atoms with Crippen molar-refractivity contribution in [1.82, 2.24) is 10.6 Å². The highest BCUT2D eigenvalue weighted by Crippen LogP contribution is 2.26. The van der Waals surface area contributed by atoms with Crippen LogP contribution < -0.4 is 10.6 Å². The van der Waals surface area contributed by atoms with E-state index >= 15 is 0 Å². The Kier molecular flexibility index (Phi) is 6.97. The lowest BCUT2D eigenvalue weighted by Crippen LogP contribution is -2.42. The lowest BCUT2D eigenvalue weighted by atomic mass is 9.95. The van der Waals surface area contributed by atoms with Crippen LogP contribution in [0.3, 0.4) is 0 Å². The number of carbonyl (C=O) groups is 1. The van der Waals surface area contributed by atoms with Gasteiger partial charge in [0.1, 0.15) is 0 Å². The number of thioether (sulfide) groups is 1. The molecule has 1 fully saturated rings. The molecule has 17 heavy (non-hydrogen) atoms. The summed E-state index contributed by atoms with van der Waals surface area (Å²) in [5.41, 5.74) is 0. The topological polar surface area (TPSA) is 41.1 Å². The minimum absolute atomic E-state index is 0.156. The van der Waals surface area contributed by atoms with Crippen molar-refractivity contribution in [3.63, 3.8) is 0 Å². The Hall–Kier alpha value is -0.220. The molecule has 0 aliphatic heterocycles. The second kappa shape index (κ2) is 7.98. The Morgan fingerprint density at radius 3 is 2.71 bits per heavy atom. The number of carbonyl (C=O) groups excluding carboxylic acids is 1. The van der Waals surface area contributed by atoms with Crippen molar-refractivity contribution in [1.29, 1.82) is 0 Å². The van der Waals surface area contributed by atoms with E-state index in [2.05, 4.69) is 16.9 Å². The molecule has 1 saturated carbocycles. The van der Waals surface area contributed by atoms with E-state index in [1.807, 2.05) is 25.6 Å². The zero-order valence-electron chi connectivity index (χ0n) is 11.3. The van der Waals surface area contributed by atoms with E-state index in [9.17, 15) is 4.79 Å². The molecule has 0 radical (unpaired) electrons. The third-order valence-corrected chi connectivity index (χ3v) is 4.38. The highest BCUT2D eigenvalue weighted by molar-refractivity contribution is 7.99. The zero-order valence-corrected chi connectivity index (χ0v) is 12.1. The standard InChI is InChI=1S/C13H26N2OS/c1-10(2)15-13(16)8-9-14-11-6-4-5-7-12(11)17-3/h10-12,14H,4-9H2,1-3H3,(H,15,16). The number of nitrogens with one attached hydrogen (secondary N) is 2. The molecule has 2 unspecified atom stereocenters. The second-order valence-corrected chi connectivity index (χ2v) is 6.17. The number of hydrogen-bond donors (Lipinski definition) is 2. The van der Waals surface area contributed by atoms with E-state index in [0.29, 0.717) is 12.5 Å². The second-order valence-electron chi connectivity index (χ2n) is 5.09. The van der Waals surface area contributed by atoms with Crippen molar-refractivity contribution in [3.05, 3.63) is 0 Å². The van der Waals surface area contributed by atoms with Gasteiger partial charge in [-0.15, -0.1) is 0 Å². The first-order valence-electron chi connectivity index (χ1n) is 6.69. The summed E-state index contributed by atoms with van der Waals surface area (Å²) in [6, 6.07) is 0.849. The summed E-state index contributed by atoms with van der Waals surface area (Å²) < 4.78 is 0. The summed E-state index contributed by atoms with van der Waals surface area (Å²) in [7, 11) is 0. The van der Waals surface area contributed by atoms with Crippen molar-refractivity contribution >= 4 is 17.7 Å². The van der Waals surface area contributed by atoms with Gasteiger partial charge in [-0.3, -0.25) is 4.79 Å². The lowest BCUT2D eigenvalue weighted by molar-refractivity contribution is -0.121. The Morgan fingerprint density at radius 1 is 1.35 bits per heavy atom. The van der Waals surface area contributed by atoms with Crippen LogP contribution in [-0.2, 0) is 4.79 Å². The van der Waals surface area contributed by atoms with Gasteiger partial charge in [-0.1, -0.05) is 12.8 Å². The van der Waals surface area contributed by atoms with Crippen molar-refractivity contribution < 1.29 is 4.79 Å². The van der Waals surface area contributed by atoms with Gasteiger partial charge in [0.05, 0.1) is 0 Å². The average molecular weight is 258 g/mol. The molecule has 1 aliphatic rings. The van der Waals surface area contributed by atoms with Gasteiger partial charge in [-0.25, -0.2) is 0 Å². The smallest absolute Gasteiger partial charge is 0.221 e. The fourth-order valence-corrected chi connectivity index (χ4v) is 3.34. The number of hydrogen-bond acceptors (Lipinski definition) is 3. The third-order valence-electron chi connectivity index (χ3n) is 3.21. The van der Waals surface area contributed by atoms with Crippen LogP contribution in [0.1, 0.15) is 46.0 Å². The first kappa shape index (κ1) is 14.8. The molecule has 2 N–H and O–H groups in total. The fraction of sp³-hybridized carbons (Fsp3) is 0.923. The molecular weight excluding hydrogens is 232 g/mol. The predicted molar refractivity (Wildman–Crippen MR) is 75.5 cm³/mol. The SMILES string of the molecule is CSC1CCCCC1NCCC(=O)NC(C)C. The number of amides is 1. The summed E-state index contributed by atoms with van der Waals surface area (Å²) in [6.45, 7) is 4.80. The molecule has 0 spiro atoms. The minimum Gasteiger partial charge on any atom is -0.354 e. The summed E-state index contributed by atoms with van der Waals surface area (Å²) in [4.78, 5) is 11.5. The maximum Gasteiger partial charge on any atom is 0.221 e. The highest BCUT2D eigenvalue weighted by Gasteiger charge is 2.23. The zero-order chi connectivity index (χ0) is 12.7. The molecule has 0 bridgehead atoms. The van der Waals surface area contributed by atoms with Gasteiger partial charge in [0.15, 0.2) is 0 Å². The molecule has 0 aromatic heterocycles. The molecule has 1 amide bonds. The van der Waals surface area contributed by atoms with E-state index < -0.39 is 0 Å². The maximum absolute atomic E-state index is 11.5. The average Bonchev–Trinajstić information content (AvgIpc) is 2.28. The van der Waals surface area contributed by atoms with Crippen molar-refractivity contribution in [2.24, 2.45) is 0 Å². The van der Waals surface area contributed by atoms with Gasteiger partial charge in [0.2, 0.25) is 5.91 Å².